The van der Waals surface area contributed by atoms with Gasteiger partial charge in [-0.15, -0.1) is 0 Å². The number of thioether (sulfide) groups is 1. The molecule has 3 aromatic carbocycles. The van der Waals surface area contributed by atoms with Crippen molar-refractivity contribution in [1.29, 1.82) is 0 Å². The summed E-state index contributed by atoms with van der Waals surface area (Å²) in [5.41, 5.74) is -1.12. The Morgan fingerprint density at radius 1 is 1.03 bits per heavy atom. The highest BCUT2D eigenvalue weighted by atomic mass is 35.5. The lowest BCUT2D eigenvalue weighted by atomic mass is 10.1. The number of ether oxygens (including phenoxy) is 1. The van der Waals surface area contributed by atoms with Crippen molar-refractivity contribution >= 4 is 46.3 Å². The van der Waals surface area contributed by atoms with Crippen LogP contribution in [0.5, 0.6) is 11.5 Å². The van der Waals surface area contributed by atoms with Crippen LogP contribution in [0.4, 0.5) is 23.7 Å². The number of benzene rings is 3. The van der Waals surface area contributed by atoms with E-state index in [0.717, 1.165) is 11.0 Å². The molecule has 0 unspecified atom stereocenters. The number of alkyl halides is 3. The Morgan fingerprint density at radius 3 is 2.47 bits per heavy atom. The molecule has 1 fully saturated rings. The van der Waals surface area contributed by atoms with Crippen molar-refractivity contribution in [2.75, 3.05) is 0 Å². The Morgan fingerprint density at radius 2 is 1.78 bits per heavy atom. The van der Waals surface area contributed by atoms with E-state index in [1.807, 2.05) is 0 Å². The lowest BCUT2D eigenvalue weighted by molar-refractivity contribution is -0.385. The number of imide groups is 1. The average molecular weight is 535 g/mol. The normalized spacial score (nSPS) is 15.0. The molecule has 0 N–H and O–H groups in total. The Hall–Kier alpha value is -3.83. The minimum atomic E-state index is -4.77. The van der Waals surface area contributed by atoms with E-state index in [1.165, 1.54) is 18.2 Å². The van der Waals surface area contributed by atoms with Crippen LogP contribution in [0.2, 0.25) is 5.02 Å². The summed E-state index contributed by atoms with van der Waals surface area (Å²) in [5, 5.41) is 11.3. The largest absolute Gasteiger partial charge is 0.449 e. The second-order valence-electron chi connectivity index (χ2n) is 7.48. The molecule has 2 amide bonds. The second-order valence-corrected chi connectivity index (χ2v) is 8.90. The van der Waals surface area contributed by atoms with Crippen LogP contribution in [-0.2, 0) is 17.5 Å². The fourth-order valence-corrected chi connectivity index (χ4v) is 4.37. The Bertz CT molecular complexity index is 1410. The number of hydrogen-bond donors (Lipinski definition) is 0. The number of amides is 2. The summed E-state index contributed by atoms with van der Waals surface area (Å²) < 4.78 is 44.6. The van der Waals surface area contributed by atoms with Crippen LogP contribution in [0.15, 0.2) is 71.6 Å². The maximum absolute atomic E-state index is 13.0. The molecular formula is C24H14ClF3N2O5S. The Balaban J connectivity index is 1.62. The van der Waals surface area contributed by atoms with Gasteiger partial charge in [-0.3, -0.25) is 24.6 Å². The summed E-state index contributed by atoms with van der Waals surface area (Å²) in [6.45, 7) is 0.0124. The van der Waals surface area contributed by atoms with Gasteiger partial charge in [0, 0.05) is 16.7 Å². The molecule has 7 nitrogen and oxygen atoms in total. The minimum absolute atomic E-state index is 0.0124. The highest BCUT2D eigenvalue weighted by Crippen LogP contribution is 2.40. The number of nitrogens with zero attached hydrogens (tertiary/aromatic N) is 2. The highest BCUT2D eigenvalue weighted by Gasteiger charge is 2.36. The zero-order valence-electron chi connectivity index (χ0n) is 18.0. The third-order valence-electron chi connectivity index (χ3n) is 5.01. The number of nitro groups is 1. The van der Waals surface area contributed by atoms with Gasteiger partial charge in [0.2, 0.25) is 5.75 Å². The van der Waals surface area contributed by atoms with E-state index in [1.54, 1.807) is 36.4 Å². The summed E-state index contributed by atoms with van der Waals surface area (Å²) in [5.74, 6) is -0.926. The van der Waals surface area contributed by atoms with E-state index in [2.05, 4.69) is 0 Å². The number of halogens is 4. The summed E-state index contributed by atoms with van der Waals surface area (Å²) in [6.07, 6.45) is -3.39. The molecule has 0 spiro atoms. The third-order valence-corrected chi connectivity index (χ3v) is 6.15. The highest BCUT2D eigenvalue weighted by molar-refractivity contribution is 8.18. The van der Waals surface area contributed by atoms with Crippen LogP contribution in [0.25, 0.3) is 6.08 Å². The van der Waals surface area contributed by atoms with Gasteiger partial charge in [0.25, 0.3) is 11.1 Å². The van der Waals surface area contributed by atoms with Gasteiger partial charge < -0.3 is 4.74 Å². The predicted octanol–water partition coefficient (Wildman–Crippen LogP) is 7.30. The fraction of sp³-hybridized carbons (Fsp3) is 0.0833. The quantitative estimate of drug-likeness (QED) is 0.187. The van der Waals surface area contributed by atoms with Gasteiger partial charge in [0.05, 0.1) is 21.9 Å². The first-order valence-corrected chi connectivity index (χ1v) is 11.3. The summed E-state index contributed by atoms with van der Waals surface area (Å²) in [4.78, 5) is 36.9. The number of rotatable bonds is 6. The van der Waals surface area contributed by atoms with Crippen LogP contribution in [-0.4, -0.2) is 21.0 Å². The molecule has 0 bridgehead atoms. The summed E-state index contributed by atoms with van der Waals surface area (Å²) in [7, 11) is 0. The van der Waals surface area contributed by atoms with Gasteiger partial charge in [-0.1, -0.05) is 41.9 Å². The van der Waals surface area contributed by atoms with Gasteiger partial charge >= 0.3 is 11.9 Å². The zero-order chi connectivity index (χ0) is 26.0. The summed E-state index contributed by atoms with van der Waals surface area (Å²) in [6, 6.07) is 14.8. The SMILES string of the molecule is O=C1S/C(=C\c2ccccc2Oc2ccc(C(F)(F)F)cc2[N+](=O)[O-])C(=O)N1Cc1cccc(Cl)c1. The van der Waals surface area contributed by atoms with Crippen molar-refractivity contribution in [2.45, 2.75) is 12.7 Å². The smallest absolute Gasteiger partial charge is 0.416 e. The van der Waals surface area contributed by atoms with Crippen molar-refractivity contribution in [1.82, 2.24) is 4.90 Å². The van der Waals surface area contributed by atoms with Gasteiger partial charge in [-0.25, -0.2) is 0 Å². The van der Waals surface area contributed by atoms with Crippen LogP contribution in [0.1, 0.15) is 16.7 Å². The number of hydrogen-bond acceptors (Lipinski definition) is 6. The molecule has 0 atom stereocenters. The molecule has 0 radical (unpaired) electrons. The van der Waals surface area contributed by atoms with Crippen LogP contribution >= 0.6 is 23.4 Å². The molecule has 184 valence electrons. The zero-order valence-corrected chi connectivity index (χ0v) is 19.6. The first-order chi connectivity index (χ1) is 17.0. The first kappa shape index (κ1) is 25.3. The average Bonchev–Trinajstić information content (AvgIpc) is 3.07. The standard InChI is InChI=1S/C24H14ClF3N2O5S/c25-17-6-3-4-14(10-17)13-29-22(31)21(36-23(29)32)11-15-5-1-2-7-19(15)35-20-9-8-16(24(26,27)28)12-18(20)30(33)34/h1-12H,13H2/b21-11-. The fourth-order valence-electron chi connectivity index (χ4n) is 3.33. The molecule has 36 heavy (non-hydrogen) atoms. The molecular weight excluding hydrogens is 521 g/mol. The lowest BCUT2D eigenvalue weighted by Gasteiger charge is -2.13. The maximum Gasteiger partial charge on any atom is 0.416 e. The van der Waals surface area contributed by atoms with Crippen molar-refractivity contribution in [3.8, 4) is 11.5 Å². The van der Waals surface area contributed by atoms with E-state index in [0.29, 0.717) is 40.0 Å². The maximum atomic E-state index is 13.0. The Labute approximate surface area is 211 Å². The van der Waals surface area contributed by atoms with E-state index in [4.69, 9.17) is 16.3 Å². The van der Waals surface area contributed by atoms with Gasteiger partial charge in [-0.05, 0) is 53.7 Å². The Kier molecular flexibility index (Phi) is 7.04. The number of nitro benzene ring substituents is 1. The van der Waals surface area contributed by atoms with E-state index in [-0.39, 0.29) is 17.2 Å². The molecule has 1 aliphatic rings. The topological polar surface area (TPSA) is 89.7 Å². The van der Waals surface area contributed by atoms with Crippen LogP contribution in [0, 0.1) is 10.1 Å². The monoisotopic (exact) mass is 534 g/mol. The van der Waals surface area contributed by atoms with E-state index < -0.39 is 39.2 Å². The van der Waals surface area contributed by atoms with Crippen molar-refractivity contribution in [3.63, 3.8) is 0 Å². The second kappa shape index (κ2) is 10.0. The molecule has 12 heteroatoms. The molecule has 0 aliphatic carbocycles. The molecule has 4 rings (SSSR count). The third kappa shape index (κ3) is 5.52. The van der Waals surface area contributed by atoms with Gasteiger partial charge in [0.1, 0.15) is 5.75 Å². The van der Waals surface area contributed by atoms with E-state index in [9.17, 15) is 32.9 Å². The molecule has 1 saturated heterocycles. The molecule has 1 aliphatic heterocycles. The minimum Gasteiger partial charge on any atom is -0.449 e. The van der Waals surface area contributed by atoms with Gasteiger partial charge in [0.15, 0.2) is 0 Å². The number of para-hydroxylation sites is 1. The molecule has 1 heterocycles. The lowest BCUT2D eigenvalue weighted by Crippen LogP contribution is -2.27. The van der Waals surface area contributed by atoms with Crippen molar-refractivity contribution < 1.29 is 32.4 Å². The molecule has 0 saturated carbocycles. The molecule has 3 aromatic rings. The number of carbonyl (C=O) groups is 2. The molecule has 0 aromatic heterocycles. The van der Waals surface area contributed by atoms with Crippen LogP contribution in [0.3, 0.4) is 0 Å². The predicted molar refractivity (Wildman–Crippen MR) is 128 cm³/mol. The van der Waals surface area contributed by atoms with E-state index >= 15 is 0 Å². The van der Waals surface area contributed by atoms with Gasteiger partial charge in [-0.2, -0.15) is 13.2 Å². The summed E-state index contributed by atoms with van der Waals surface area (Å²) >= 11 is 6.67. The number of carbonyl (C=O) groups excluding carboxylic acids is 2. The van der Waals surface area contributed by atoms with Crippen LogP contribution < -0.4 is 4.74 Å². The first-order valence-electron chi connectivity index (χ1n) is 10.2. The van der Waals surface area contributed by atoms with Crippen molar-refractivity contribution in [2.24, 2.45) is 0 Å². The van der Waals surface area contributed by atoms with Crippen molar-refractivity contribution in [3.05, 3.63) is 103 Å².